The third-order valence-electron chi connectivity index (χ3n) is 14.5. The Hall–Kier alpha value is -3.99. The topological polar surface area (TPSA) is 198 Å². The van der Waals surface area contributed by atoms with Gasteiger partial charge in [-0.3, -0.25) is 14.3 Å². The molecule has 4 aromatic rings. The third kappa shape index (κ3) is 15.6. The lowest BCUT2D eigenvalue weighted by atomic mass is 9.73. The summed E-state index contributed by atoms with van der Waals surface area (Å²) in [6, 6.07) is 27.0. The number of nitrogens with one attached hydrogen (secondary N) is 2. The second-order valence-corrected chi connectivity index (χ2v) is 27.7. The maximum absolute atomic E-state index is 14.4. The first-order chi connectivity index (χ1) is 35.9. The van der Waals surface area contributed by atoms with Gasteiger partial charge >= 0.3 is 19.1 Å². The Morgan fingerprint density at radius 1 is 0.921 bits per heavy atom. The van der Waals surface area contributed by atoms with Gasteiger partial charge in [-0.1, -0.05) is 73.5 Å². The molecule has 0 bridgehead atoms. The van der Waals surface area contributed by atoms with E-state index >= 15 is 0 Å². The highest BCUT2D eigenvalue weighted by atomic mass is 35.5. The molecule has 3 atom stereocenters. The predicted octanol–water partition coefficient (Wildman–Crippen LogP) is 9.58. The molecule has 4 aliphatic rings. The molecule has 3 saturated heterocycles. The standard InChI is InChI=1S/C53H66ClF3N5O10PS3/c1-52(2)23-19-46(37-9-13-41(54)14-10-37)40(34-52)35-61-27-29-62(30-28-61)43-15-11-38(12-16-43)49-50(72-49)59-76(69,70)45-17-18-47(48(33-45)75(67,68)53(55,56)57)58-42(36-74-44-7-4-3-5-8-44)22-26-60-24-20-39(21-25-60)51(63)71-31-6-32-73(64,65)66/h3-5,7-18,33,39,42,49-50,58-59H,6,19-32,34-36H2,1-2H3,(H2,64,65,66)/t42-,49?,50?/m1/s1. The minimum atomic E-state index is -6.07. The van der Waals surface area contributed by atoms with Gasteiger partial charge in [0.1, 0.15) is 11.0 Å². The number of sulfonamides is 1. The number of halogens is 4. The van der Waals surface area contributed by atoms with Crippen LogP contribution in [0.15, 0.2) is 117 Å². The molecule has 0 aromatic heterocycles. The normalized spacial score (nSPS) is 20.6. The van der Waals surface area contributed by atoms with Gasteiger partial charge in [-0.2, -0.15) is 17.9 Å². The molecule has 8 rings (SSSR count). The Morgan fingerprint density at radius 2 is 1.61 bits per heavy atom. The number of carbonyl (C=O) groups excluding carboxylic acids is 1. The van der Waals surface area contributed by atoms with Crippen LogP contribution in [-0.4, -0.2) is 131 Å². The van der Waals surface area contributed by atoms with E-state index in [4.69, 9.17) is 30.9 Å². The number of nitrogens with zero attached hydrogens (tertiary/aromatic N) is 3. The summed E-state index contributed by atoms with van der Waals surface area (Å²) in [5.41, 5.74) is -0.104. The van der Waals surface area contributed by atoms with Crippen molar-refractivity contribution in [1.29, 1.82) is 0 Å². The lowest BCUT2D eigenvalue weighted by molar-refractivity contribution is -0.150. The lowest BCUT2D eigenvalue weighted by Crippen LogP contribution is -2.47. The van der Waals surface area contributed by atoms with E-state index in [1.807, 2.05) is 66.7 Å². The maximum atomic E-state index is 14.4. The molecule has 3 fully saturated rings. The van der Waals surface area contributed by atoms with Crippen molar-refractivity contribution < 1.29 is 58.6 Å². The van der Waals surface area contributed by atoms with Crippen molar-refractivity contribution in [1.82, 2.24) is 14.5 Å². The monoisotopic (exact) mass is 1150 g/mol. The number of allylic oxidation sites excluding steroid dienone is 1. The van der Waals surface area contributed by atoms with Crippen molar-refractivity contribution in [3.05, 3.63) is 119 Å². The highest BCUT2D eigenvalue weighted by Gasteiger charge is 2.49. The van der Waals surface area contributed by atoms with Gasteiger partial charge in [-0.05, 0) is 135 Å². The van der Waals surface area contributed by atoms with Gasteiger partial charge in [0.2, 0.25) is 10.0 Å². The number of esters is 1. The van der Waals surface area contributed by atoms with E-state index in [2.05, 4.69) is 50.7 Å². The van der Waals surface area contributed by atoms with Gasteiger partial charge in [-0.15, -0.1) is 11.8 Å². The fourth-order valence-corrected chi connectivity index (χ4v) is 13.9. The van der Waals surface area contributed by atoms with Gasteiger partial charge in [-0.25, -0.2) is 16.8 Å². The van der Waals surface area contributed by atoms with Crippen LogP contribution in [-0.2, 0) is 38.7 Å². The molecule has 76 heavy (non-hydrogen) atoms. The molecular weight excluding hydrogens is 1090 g/mol. The molecule has 4 N–H and O–H groups in total. The first-order valence-corrected chi connectivity index (χ1v) is 31.6. The molecule has 2 unspecified atom stereocenters. The number of alkyl halides is 3. The van der Waals surface area contributed by atoms with E-state index in [0.717, 1.165) is 79.7 Å². The van der Waals surface area contributed by atoms with Gasteiger partial charge in [0, 0.05) is 66.7 Å². The van der Waals surface area contributed by atoms with Crippen LogP contribution >= 0.6 is 31.0 Å². The maximum Gasteiger partial charge on any atom is 0.501 e. The van der Waals surface area contributed by atoms with Gasteiger partial charge in [0.25, 0.3) is 9.84 Å². The number of hydrogen-bond acceptors (Lipinski definition) is 13. The van der Waals surface area contributed by atoms with Crippen molar-refractivity contribution in [2.45, 2.75) is 97.4 Å². The van der Waals surface area contributed by atoms with Crippen LogP contribution in [0.2, 0.25) is 5.02 Å². The second-order valence-electron chi connectivity index (χ2n) is 20.8. The van der Waals surface area contributed by atoms with E-state index in [1.165, 1.54) is 28.5 Å². The Kier molecular flexibility index (Phi) is 18.8. The number of sulfone groups is 1. The molecule has 414 valence electrons. The number of carbonyl (C=O) groups is 1. The van der Waals surface area contributed by atoms with Crippen molar-refractivity contribution in [3.63, 3.8) is 0 Å². The van der Waals surface area contributed by atoms with Crippen LogP contribution in [0, 0.1) is 11.3 Å². The van der Waals surface area contributed by atoms with Gasteiger partial charge in [0.05, 0.1) is 29.3 Å². The van der Waals surface area contributed by atoms with Crippen LogP contribution in [0.1, 0.15) is 76.0 Å². The fourth-order valence-electron chi connectivity index (χ4n) is 10.1. The predicted molar refractivity (Wildman–Crippen MR) is 290 cm³/mol. The quantitative estimate of drug-likeness (QED) is 0.0191. The molecule has 0 radical (unpaired) electrons. The number of ether oxygens (including phenoxy) is 2. The number of hydrogen-bond donors (Lipinski definition) is 4. The van der Waals surface area contributed by atoms with Crippen LogP contribution in [0.5, 0.6) is 0 Å². The van der Waals surface area contributed by atoms with Gasteiger partial charge < -0.3 is 34.4 Å². The van der Waals surface area contributed by atoms with Crippen LogP contribution in [0.4, 0.5) is 24.5 Å². The number of anilines is 2. The summed E-state index contributed by atoms with van der Waals surface area (Å²) in [5.74, 6) is -0.553. The number of piperazine rings is 1. The number of benzene rings is 4. The molecule has 0 spiro atoms. The summed E-state index contributed by atoms with van der Waals surface area (Å²) in [5, 5.41) is 3.74. The van der Waals surface area contributed by atoms with E-state index < -0.39 is 78.7 Å². The molecule has 3 heterocycles. The highest BCUT2D eigenvalue weighted by molar-refractivity contribution is 7.99. The molecule has 0 amide bonds. The number of piperidine rings is 1. The fraction of sp³-hybridized carbons (Fsp3) is 0.491. The Balaban J connectivity index is 0.884. The first kappa shape index (κ1) is 58.2. The second kappa shape index (κ2) is 24.6. The summed E-state index contributed by atoms with van der Waals surface area (Å²) < 4.78 is 122. The molecule has 1 aliphatic carbocycles. The van der Waals surface area contributed by atoms with E-state index in [1.54, 1.807) is 0 Å². The van der Waals surface area contributed by atoms with Crippen LogP contribution < -0.4 is 14.9 Å². The minimum absolute atomic E-state index is 0.0320. The zero-order chi connectivity index (χ0) is 54.5. The lowest BCUT2D eigenvalue weighted by Gasteiger charge is -2.39. The summed E-state index contributed by atoms with van der Waals surface area (Å²) in [6.45, 7) is 10.3. The van der Waals surface area contributed by atoms with Crippen LogP contribution in [0.25, 0.3) is 5.57 Å². The molecule has 3 aliphatic heterocycles. The average molecular weight is 1150 g/mol. The largest absolute Gasteiger partial charge is 0.501 e. The summed E-state index contributed by atoms with van der Waals surface area (Å²) in [4.78, 5) is 36.6. The first-order valence-electron chi connectivity index (χ1n) is 25.5. The Bertz CT molecular complexity index is 2960. The van der Waals surface area contributed by atoms with Crippen molar-refractivity contribution in [3.8, 4) is 0 Å². The summed E-state index contributed by atoms with van der Waals surface area (Å²) in [7, 11) is -14.9. The SMILES string of the molecule is CC1(C)CCC(c2ccc(Cl)cc2)=C(CN2CCN(c3ccc(C4OC4NS(=O)(=O)c4ccc(N[C@H](CCN5CCC(C(=O)OCCCP(=O)(O)O)CC5)CSc5ccccc5)c(S(=O)(=O)C(F)(F)F)c4)cc3)CC2)C1. The molecule has 23 heteroatoms. The van der Waals surface area contributed by atoms with Crippen molar-refractivity contribution in [2.24, 2.45) is 11.3 Å². The summed E-state index contributed by atoms with van der Waals surface area (Å²) >= 11 is 7.62. The molecular formula is C53H66ClF3N5O10PS3. The minimum Gasteiger partial charge on any atom is -0.465 e. The number of likely N-dealkylation sites (tertiary alicyclic amines) is 1. The molecule has 15 nitrogen and oxygen atoms in total. The Labute approximate surface area is 453 Å². The number of thioether (sulfide) groups is 1. The van der Waals surface area contributed by atoms with Gasteiger partial charge in [0.15, 0.2) is 6.23 Å². The molecule has 0 saturated carbocycles. The zero-order valence-electron chi connectivity index (χ0n) is 42.5. The van der Waals surface area contributed by atoms with E-state index in [0.29, 0.717) is 56.3 Å². The van der Waals surface area contributed by atoms with E-state index in [-0.39, 0.29) is 24.6 Å². The van der Waals surface area contributed by atoms with E-state index in [9.17, 15) is 39.4 Å². The third-order valence-corrected chi connectivity index (χ3v) is 19.7. The molecule has 4 aromatic carbocycles. The number of rotatable bonds is 22. The highest BCUT2D eigenvalue weighted by Crippen LogP contribution is 2.44. The van der Waals surface area contributed by atoms with Crippen LogP contribution in [0.3, 0.4) is 0 Å². The number of epoxide rings is 1. The summed E-state index contributed by atoms with van der Waals surface area (Å²) in [6.07, 6.45) is 2.37. The average Bonchev–Trinajstić information content (AvgIpc) is 4.14. The van der Waals surface area contributed by atoms with Crippen molar-refractivity contribution >= 4 is 73.7 Å². The zero-order valence-corrected chi connectivity index (χ0v) is 46.6. The smallest absolute Gasteiger partial charge is 0.465 e. The van der Waals surface area contributed by atoms with Crippen molar-refractivity contribution in [2.75, 3.05) is 81.1 Å². The Morgan fingerprint density at radius 3 is 2.26 bits per heavy atom.